The van der Waals surface area contributed by atoms with Crippen LogP contribution >= 0.6 is 0 Å². The van der Waals surface area contributed by atoms with Gasteiger partial charge in [0.15, 0.2) is 0 Å². The largest absolute Gasteiger partial charge is 0.492 e. The molecule has 0 aromatic heterocycles. The van der Waals surface area contributed by atoms with Crippen molar-refractivity contribution in [1.29, 1.82) is 0 Å². The van der Waals surface area contributed by atoms with E-state index in [4.69, 9.17) is 9.84 Å². The van der Waals surface area contributed by atoms with Crippen molar-refractivity contribution >= 4 is 5.97 Å². The number of carboxylic acid groups (broad SMARTS) is 1. The minimum atomic E-state index is -0.744. The van der Waals surface area contributed by atoms with Crippen molar-refractivity contribution in [2.24, 2.45) is 0 Å². The standard InChI is InChI=1S/C16H24N2O3/c1-13-4-3-5-15(12-13)21-11-10-17-6-8-18(9-7-17)14(2)16(19)20/h3-5,12,14H,6-11H2,1-2H3,(H,19,20). The van der Waals surface area contributed by atoms with Gasteiger partial charge in [0.1, 0.15) is 18.4 Å². The molecule has 0 bridgehead atoms. The molecule has 1 aliphatic rings. The highest BCUT2D eigenvalue weighted by molar-refractivity contribution is 5.72. The Morgan fingerprint density at radius 2 is 2.05 bits per heavy atom. The summed E-state index contributed by atoms with van der Waals surface area (Å²) in [7, 11) is 0. The van der Waals surface area contributed by atoms with Crippen LogP contribution in [-0.4, -0.2) is 66.2 Å². The number of carboxylic acids is 1. The summed E-state index contributed by atoms with van der Waals surface area (Å²) >= 11 is 0. The second-order valence-corrected chi connectivity index (χ2v) is 5.56. The molecular formula is C16H24N2O3. The maximum Gasteiger partial charge on any atom is 0.320 e. The first kappa shape index (κ1) is 15.8. The van der Waals surface area contributed by atoms with E-state index < -0.39 is 12.0 Å². The SMILES string of the molecule is Cc1cccc(OCCN2CCN(C(C)C(=O)O)CC2)c1. The van der Waals surface area contributed by atoms with Crippen molar-refractivity contribution in [2.45, 2.75) is 19.9 Å². The van der Waals surface area contributed by atoms with E-state index in [1.54, 1.807) is 6.92 Å². The summed E-state index contributed by atoms with van der Waals surface area (Å²) in [5.74, 6) is 0.166. The zero-order valence-corrected chi connectivity index (χ0v) is 12.8. The molecule has 1 N–H and O–H groups in total. The van der Waals surface area contributed by atoms with Crippen LogP contribution in [-0.2, 0) is 4.79 Å². The lowest BCUT2D eigenvalue weighted by atomic mass is 10.2. The molecule has 2 rings (SSSR count). The maximum absolute atomic E-state index is 11.0. The third-order valence-corrected chi connectivity index (χ3v) is 3.98. The quantitative estimate of drug-likeness (QED) is 0.860. The van der Waals surface area contributed by atoms with Crippen LogP contribution in [0.2, 0.25) is 0 Å². The van der Waals surface area contributed by atoms with Crippen LogP contribution in [0.1, 0.15) is 12.5 Å². The monoisotopic (exact) mass is 292 g/mol. The second kappa shape index (κ2) is 7.43. The zero-order valence-electron chi connectivity index (χ0n) is 12.8. The number of hydrogen-bond donors (Lipinski definition) is 1. The molecule has 5 nitrogen and oxygen atoms in total. The average molecular weight is 292 g/mol. The minimum Gasteiger partial charge on any atom is -0.492 e. The van der Waals surface area contributed by atoms with Crippen molar-refractivity contribution in [2.75, 3.05) is 39.3 Å². The van der Waals surface area contributed by atoms with Gasteiger partial charge in [0.2, 0.25) is 0 Å². The summed E-state index contributed by atoms with van der Waals surface area (Å²) in [6, 6.07) is 7.66. The van der Waals surface area contributed by atoms with E-state index in [1.165, 1.54) is 5.56 Å². The Morgan fingerprint density at radius 1 is 1.33 bits per heavy atom. The molecule has 0 radical (unpaired) electrons. The molecule has 0 aliphatic carbocycles. The number of aryl methyl sites for hydroxylation is 1. The number of benzene rings is 1. The van der Waals surface area contributed by atoms with Crippen molar-refractivity contribution < 1.29 is 14.6 Å². The Labute approximate surface area is 126 Å². The van der Waals surface area contributed by atoms with Crippen molar-refractivity contribution in [3.63, 3.8) is 0 Å². The van der Waals surface area contributed by atoms with Gasteiger partial charge < -0.3 is 9.84 Å². The fourth-order valence-electron chi connectivity index (χ4n) is 2.53. The summed E-state index contributed by atoms with van der Waals surface area (Å²) in [5.41, 5.74) is 1.20. The normalized spacial score (nSPS) is 18.4. The van der Waals surface area contributed by atoms with Crippen LogP contribution < -0.4 is 4.74 Å². The number of rotatable bonds is 6. The van der Waals surface area contributed by atoms with E-state index in [0.717, 1.165) is 38.5 Å². The molecule has 5 heteroatoms. The van der Waals surface area contributed by atoms with Crippen LogP contribution in [0.15, 0.2) is 24.3 Å². The van der Waals surface area contributed by atoms with Gasteiger partial charge in [0, 0.05) is 32.7 Å². The van der Waals surface area contributed by atoms with E-state index >= 15 is 0 Å². The Hall–Kier alpha value is -1.59. The van der Waals surface area contributed by atoms with Crippen LogP contribution in [0.3, 0.4) is 0 Å². The number of ether oxygens (including phenoxy) is 1. The fourth-order valence-corrected chi connectivity index (χ4v) is 2.53. The minimum absolute atomic E-state index is 0.393. The molecule has 1 aliphatic heterocycles. The molecule has 0 saturated carbocycles. The van der Waals surface area contributed by atoms with Gasteiger partial charge in [-0.05, 0) is 31.5 Å². The summed E-state index contributed by atoms with van der Waals surface area (Å²) in [6.07, 6.45) is 0. The number of piperazine rings is 1. The molecule has 1 aromatic carbocycles. The molecular weight excluding hydrogens is 268 g/mol. The number of hydrogen-bond acceptors (Lipinski definition) is 4. The third-order valence-electron chi connectivity index (χ3n) is 3.98. The predicted molar refractivity (Wildman–Crippen MR) is 81.8 cm³/mol. The summed E-state index contributed by atoms with van der Waals surface area (Å²) in [4.78, 5) is 15.3. The summed E-state index contributed by atoms with van der Waals surface area (Å²) in [6.45, 7) is 8.75. The highest BCUT2D eigenvalue weighted by Gasteiger charge is 2.24. The van der Waals surface area contributed by atoms with Gasteiger partial charge in [-0.15, -0.1) is 0 Å². The van der Waals surface area contributed by atoms with E-state index in [1.807, 2.05) is 23.1 Å². The molecule has 1 unspecified atom stereocenters. The Morgan fingerprint density at radius 3 is 2.67 bits per heavy atom. The zero-order chi connectivity index (χ0) is 15.2. The first-order valence-electron chi connectivity index (χ1n) is 7.45. The molecule has 116 valence electrons. The number of nitrogens with zero attached hydrogens (tertiary/aromatic N) is 2. The number of aliphatic carboxylic acids is 1. The van der Waals surface area contributed by atoms with E-state index in [9.17, 15) is 4.79 Å². The highest BCUT2D eigenvalue weighted by atomic mass is 16.5. The lowest BCUT2D eigenvalue weighted by Gasteiger charge is -2.36. The Bertz CT molecular complexity index is 470. The van der Waals surface area contributed by atoms with Crippen molar-refractivity contribution in [3.05, 3.63) is 29.8 Å². The topological polar surface area (TPSA) is 53.0 Å². The van der Waals surface area contributed by atoms with Gasteiger partial charge in [0.25, 0.3) is 0 Å². The summed E-state index contributed by atoms with van der Waals surface area (Å²) in [5, 5.41) is 9.01. The number of carbonyl (C=O) groups is 1. The van der Waals surface area contributed by atoms with Crippen LogP contribution in [0.5, 0.6) is 5.75 Å². The Balaban J connectivity index is 1.68. The Kier molecular flexibility index (Phi) is 5.59. The van der Waals surface area contributed by atoms with Gasteiger partial charge in [-0.1, -0.05) is 12.1 Å². The van der Waals surface area contributed by atoms with Crippen molar-refractivity contribution in [1.82, 2.24) is 9.80 Å². The third kappa shape index (κ3) is 4.72. The van der Waals surface area contributed by atoms with E-state index in [0.29, 0.717) is 6.61 Å². The molecule has 1 fully saturated rings. The van der Waals surface area contributed by atoms with Gasteiger partial charge in [-0.25, -0.2) is 0 Å². The molecule has 21 heavy (non-hydrogen) atoms. The van der Waals surface area contributed by atoms with Gasteiger partial charge in [-0.3, -0.25) is 14.6 Å². The smallest absolute Gasteiger partial charge is 0.320 e. The highest BCUT2D eigenvalue weighted by Crippen LogP contribution is 2.12. The van der Waals surface area contributed by atoms with E-state index in [-0.39, 0.29) is 0 Å². The molecule has 1 heterocycles. The van der Waals surface area contributed by atoms with Gasteiger partial charge in [-0.2, -0.15) is 0 Å². The van der Waals surface area contributed by atoms with E-state index in [2.05, 4.69) is 17.9 Å². The predicted octanol–water partition coefficient (Wildman–Crippen LogP) is 1.46. The molecule has 0 spiro atoms. The van der Waals surface area contributed by atoms with Crippen molar-refractivity contribution in [3.8, 4) is 5.75 Å². The first-order valence-corrected chi connectivity index (χ1v) is 7.45. The molecule has 1 saturated heterocycles. The lowest BCUT2D eigenvalue weighted by Crippen LogP contribution is -2.52. The van der Waals surface area contributed by atoms with Gasteiger partial charge in [0.05, 0.1) is 0 Å². The fraction of sp³-hybridized carbons (Fsp3) is 0.562. The molecule has 1 atom stereocenters. The van der Waals surface area contributed by atoms with Crippen LogP contribution in [0.4, 0.5) is 0 Å². The maximum atomic E-state index is 11.0. The second-order valence-electron chi connectivity index (χ2n) is 5.56. The average Bonchev–Trinajstić information content (AvgIpc) is 2.47. The van der Waals surface area contributed by atoms with Gasteiger partial charge >= 0.3 is 5.97 Å². The van der Waals surface area contributed by atoms with Crippen LogP contribution in [0, 0.1) is 6.92 Å². The molecule has 0 amide bonds. The lowest BCUT2D eigenvalue weighted by molar-refractivity contribution is -0.143. The molecule has 1 aromatic rings. The van der Waals surface area contributed by atoms with Crippen LogP contribution in [0.25, 0.3) is 0 Å². The summed E-state index contributed by atoms with van der Waals surface area (Å²) < 4.78 is 5.75. The first-order chi connectivity index (χ1) is 10.1.